The molecule has 0 aromatic rings. The lowest BCUT2D eigenvalue weighted by Gasteiger charge is -2.53. The minimum Gasteiger partial charge on any atom is -0.410 e. The second-order valence-electron chi connectivity index (χ2n) is 12.8. The van der Waals surface area contributed by atoms with Gasteiger partial charge in [0.1, 0.15) is 5.76 Å². The molecule has 4 nitrogen and oxygen atoms in total. The van der Waals surface area contributed by atoms with Crippen LogP contribution in [-0.4, -0.2) is 28.3 Å². The first-order chi connectivity index (χ1) is 15.6. The van der Waals surface area contributed by atoms with Gasteiger partial charge in [0.05, 0.1) is 6.10 Å². The van der Waals surface area contributed by atoms with Gasteiger partial charge in [-0.1, -0.05) is 65.7 Å². The fourth-order valence-electron chi connectivity index (χ4n) is 5.65. The first kappa shape index (κ1) is 28.5. The maximum Gasteiger partial charge on any atom is 0.534 e. The Bertz CT molecular complexity index is 1050. The van der Waals surface area contributed by atoms with Crippen molar-refractivity contribution >= 4 is 18.4 Å². The SMILES string of the molecule is CC(C)C1=C2[C@@H]3C=CC(OS(=O)(=O)C(F)(F)F)=C[C@@H](O[Si](C)(C)C(C)(C)C)[C@]3(C)CC[C@@]2(C)CC1. The maximum atomic E-state index is 13.2. The summed E-state index contributed by atoms with van der Waals surface area (Å²) in [6.07, 6.45) is 8.02. The fourth-order valence-corrected chi connectivity index (χ4v) is 7.43. The van der Waals surface area contributed by atoms with Crippen LogP contribution in [0.4, 0.5) is 13.2 Å². The van der Waals surface area contributed by atoms with Gasteiger partial charge < -0.3 is 8.61 Å². The molecule has 0 unspecified atom stereocenters. The first-order valence-electron chi connectivity index (χ1n) is 12.5. The summed E-state index contributed by atoms with van der Waals surface area (Å²) < 4.78 is 74.8. The molecule has 0 spiro atoms. The van der Waals surface area contributed by atoms with Crippen LogP contribution in [-0.2, 0) is 18.7 Å². The Kier molecular flexibility index (Phi) is 7.13. The number of halogens is 3. The van der Waals surface area contributed by atoms with Crippen LogP contribution >= 0.6 is 0 Å². The Morgan fingerprint density at radius 2 is 1.69 bits per heavy atom. The minimum atomic E-state index is -5.79. The zero-order valence-corrected chi connectivity index (χ0v) is 24.3. The number of hydrogen-bond acceptors (Lipinski definition) is 4. The summed E-state index contributed by atoms with van der Waals surface area (Å²) >= 11 is 0. The van der Waals surface area contributed by atoms with E-state index >= 15 is 0 Å². The largest absolute Gasteiger partial charge is 0.534 e. The van der Waals surface area contributed by atoms with E-state index in [-0.39, 0.29) is 22.1 Å². The molecule has 1 saturated carbocycles. The van der Waals surface area contributed by atoms with Gasteiger partial charge >= 0.3 is 15.6 Å². The van der Waals surface area contributed by atoms with Gasteiger partial charge in [0.2, 0.25) is 0 Å². The summed E-state index contributed by atoms with van der Waals surface area (Å²) in [7, 11) is -8.16. The summed E-state index contributed by atoms with van der Waals surface area (Å²) in [5, 5.41) is -0.135. The number of hydrogen-bond donors (Lipinski definition) is 0. The van der Waals surface area contributed by atoms with E-state index in [1.165, 1.54) is 23.3 Å². The van der Waals surface area contributed by atoms with Crippen molar-refractivity contribution in [1.29, 1.82) is 0 Å². The van der Waals surface area contributed by atoms with E-state index in [0.717, 1.165) is 25.7 Å². The third-order valence-corrected chi connectivity index (χ3v) is 14.4. The number of rotatable bonds is 5. The minimum absolute atomic E-state index is 0.0268. The van der Waals surface area contributed by atoms with Crippen molar-refractivity contribution in [2.75, 3.05) is 0 Å². The van der Waals surface area contributed by atoms with Gasteiger partial charge in [-0.25, -0.2) is 0 Å². The average molecular weight is 535 g/mol. The van der Waals surface area contributed by atoms with Crippen molar-refractivity contribution in [1.82, 2.24) is 0 Å². The Labute approximate surface area is 210 Å². The lowest BCUT2D eigenvalue weighted by molar-refractivity contribution is -0.0521. The highest BCUT2D eigenvalue weighted by molar-refractivity contribution is 7.87. The zero-order valence-electron chi connectivity index (χ0n) is 22.5. The van der Waals surface area contributed by atoms with Crippen LogP contribution in [0.25, 0.3) is 0 Å². The van der Waals surface area contributed by atoms with Crippen LogP contribution in [0.3, 0.4) is 0 Å². The van der Waals surface area contributed by atoms with E-state index in [9.17, 15) is 21.6 Å². The van der Waals surface area contributed by atoms with Gasteiger partial charge in [-0.05, 0) is 67.3 Å². The van der Waals surface area contributed by atoms with E-state index in [0.29, 0.717) is 5.92 Å². The van der Waals surface area contributed by atoms with E-state index < -0.39 is 35.5 Å². The molecule has 0 aliphatic heterocycles. The Balaban J connectivity index is 2.18. The molecule has 0 bridgehead atoms. The summed E-state index contributed by atoms with van der Waals surface area (Å²) in [6, 6.07) is 0. The Hall–Kier alpha value is -1.06. The van der Waals surface area contributed by atoms with Gasteiger partial charge in [0.15, 0.2) is 8.32 Å². The summed E-state index contributed by atoms with van der Waals surface area (Å²) in [6.45, 7) is 19.3. The smallest absolute Gasteiger partial charge is 0.410 e. The highest BCUT2D eigenvalue weighted by Gasteiger charge is 2.56. The van der Waals surface area contributed by atoms with Crippen LogP contribution in [0.5, 0.6) is 0 Å². The molecule has 3 aliphatic carbocycles. The topological polar surface area (TPSA) is 52.6 Å². The van der Waals surface area contributed by atoms with Crippen molar-refractivity contribution in [3.8, 4) is 0 Å². The van der Waals surface area contributed by atoms with Gasteiger partial charge in [-0.15, -0.1) is 0 Å². The molecule has 1 fully saturated rings. The molecule has 0 amide bonds. The Morgan fingerprint density at radius 1 is 1.09 bits per heavy atom. The number of allylic oxidation sites excluding steroid dienone is 4. The summed E-state index contributed by atoms with van der Waals surface area (Å²) in [4.78, 5) is 0. The molecule has 0 aromatic heterocycles. The maximum absolute atomic E-state index is 13.2. The van der Waals surface area contributed by atoms with Gasteiger partial charge in [0.25, 0.3) is 0 Å². The predicted octanol–water partition coefficient (Wildman–Crippen LogP) is 7.87. The normalized spacial score (nSPS) is 32.3. The van der Waals surface area contributed by atoms with Crippen LogP contribution in [0.15, 0.2) is 35.1 Å². The van der Waals surface area contributed by atoms with Gasteiger partial charge in [0, 0.05) is 11.3 Å². The third-order valence-electron chi connectivity index (χ3n) is 9.01. The van der Waals surface area contributed by atoms with E-state index in [4.69, 9.17) is 4.43 Å². The molecule has 0 radical (unpaired) electrons. The molecule has 0 N–H and O–H groups in total. The zero-order chi connectivity index (χ0) is 26.8. The molecular formula is C26H41F3O4SSi. The van der Waals surface area contributed by atoms with Crippen molar-refractivity contribution < 1.29 is 30.2 Å². The molecular weight excluding hydrogens is 493 g/mol. The summed E-state index contributed by atoms with van der Waals surface area (Å²) in [5.41, 5.74) is -3.16. The lowest BCUT2D eigenvalue weighted by atomic mass is 9.55. The predicted molar refractivity (Wildman–Crippen MR) is 135 cm³/mol. The average Bonchev–Trinajstić information content (AvgIpc) is 2.96. The number of alkyl halides is 3. The molecule has 35 heavy (non-hydrogen) atoms. The van der Waals surface area contributed by atoms with E-state index in [1.807, 2.05) is 6.08 Å². The van der Waals surface area contributed by atoms with Gasteiger partial charge in [-0.2, -0.15) is 21.6 Å². The van der Waals surface area contributed by atoms with Crippen LogP contribution in [0.1, 0.15) is 74.1 Å². The molecule has 4 atom stereocenters. The monoisotopic (exact) mass is 534 g/mol. The standard InChI is InChI=1S/C26H41F3O4SSi/c1-17(2)19-12-13-24(6)14-15-25(7)20(22(19)24)11-10-18(32-34(30,31)26(27,28)29)16-21(25)33-35(8,9)23(3,4)5/h10-11,16-17,20-21H,12-15H2,1-9H3/t20-,21+,24+,25+/m0/s1. The van der Waals surface area contributed by atoms with Crippen molar-refractivity contribution in [2.24, 2.45) is 22.7 Å². The van der Waals surface area contributed by atoms with Crippen LogP contribution in [0, 0.1) is 22.7 Å². The first-order valence-corrected chi connectivity index (χ1v) is 16.8. The number of fused-ring (bicyclic) bond motifs is 3. The highest BCUT2D eigenvalue weighted by atomic mass is 32.2. The van der Waals surface area contributed by atoms with Crippen molar-refractivity contribution in [3.63, 3.8) is 0 Å². The second-order valence-corrected chi connectivity index (χ2v) is 19.1. The molecule has 0 aromatic carbocycles. The summed E-state index contributed by atoms with van der Waals surface area (Å²) in [5.74, 6) is -0.0465. The highest BCUT2D eigenvalue weighted by Crippen LogP contribution is 2.63. The van der Waals surface area contributed by atoms with Crippen LogP contribution < -0.4 is 0 Å². The van der Waals surface area contributed by atoms with Crippen LogP contribution in [0.2, 0.25) is 18.1 Å². The molecule has 0 saturated heterocycles. The molecule has 0 heterocycles. The Morgan fingerprint density at radius 3 is 2.20 bits per heavy atom. The second kappa shape index (κ2) is 8.76. The van der Waals surface area contributed by atoms with Gasteiger partial charge in [-0.3, -0.25) is 0 Å². The quantitative estimate of drug-likeness (QED) is 0.156. The van der Waals surface area contributed by atoms with Crippen molar-refractivity contribution in [3.05, 3.63) is 35.1 Å². The molecule has 9 heteroatoms. The molecule has 3 aliphatic rings. The lowest BCUT2D eigenvalue weighted by Crippen LogP contribution is -2.52. The fraction of sp³-hybridized carbons (Fsp3) is 0.769. The third kappa shape index (κ3) is 5.06. The molecule has 3 rings (SSSR count). The van der Waals surface area contributed by atoms with E-state index in [2.05, 4.69) is 65.7 Å². The molecule has 200 valence electrons. The van der Waals surface area contributed by atoms with E-state index in [1.54, 1.807) is 0 Å². The van der Waals surface area contributed by atoms with Crippen molar-refractivity contribution in [2.45, 2.75) is 104 Å².